The smallest absolute Gasteiger partial charge is 0.139 e. The molecule has 3 nitrogen and oxygen atoms in total. The number of rotatable bonds is 5. The largest absolute Gasteiger partial charge is 0.374 e. The van der Waals surface area contributed by atoms with Crippen LogP contribution in [0.4, 0.5) is 0 Å². The average molecular weight is 360 g/mol. The summed E-state index contributed by atoms with van der Waals surface area (Å²) in [4.78, 5) is 12.5. The van der Waals surface area contributed by atoms with Crippen LogP contribution in [0.25, 0.3) is 0 Å². The number of carbonyl (C=O) groups excluding carboxylic acids is 1. The Morgan fingerprint density at radius 3 is 2.65 bits per heavy atom. The molecule has 0 bridgehead atoms. The predicted octanol–water partition coefficient (Wildman–Crippen LogP) is 4.51. The molecule has 0 aliphatic heterocycles. The summed E-state index contributed by atoms with van der Waals surface area (Å²) in [5.74, 6) is 2.78. The normalized spacial score (nSPS) is 44.9. The molecule has 4 aliphatic rings. The van der Waals surface area contributed by atoms with Gasteiger partial charge in [-0.3, -0.25) is 4.79 Å². The summed E-state index contributed by atoms with van der Waals surface area (Å²) >= 11 is 0. The van der Waals surface area contributed by atoms with Crippen molar-refractivity contribution in [3.05, 3.63) is 11.6 Å². The van der Waals surface area contributed by atoms with Crippen LogP contribution in [-0.4, -0.2) is 32.1 Å². The first kappa shape index (κ1) is 18.7. The lowest BCUT2D eigenvalue weighted by Gasteiger charge is -2.57. The van der Waals surface area contributed by atoms with Gasteiger partial charge in [-0.15, -0.1) is 0 Å². The third-order valence-corrected chi connectivity index (χ3v) is 8.68. The quantitative estimate of drug-likeness (QED) is 0.580. The Morgan fingerprint density at radius 2 is 1.85 bits per heavy atom. The molecular formula is C23H37NO2. The highest BCUT2D eigenvalue weighted by molar-refractivity contribution is 5.87. The first-order chi connectivity index (χ1) is 12.5. The summed E-state index contributed by atoms with van der Waals surface area (Å²) in [6, 6.07) is 0. The molecule has 0 heterocycles. The maximum absolute atomic E-state index is 12.5. The van der Waals surface area contributed by atoms with E-state index in [0.717, 1.165) is 50.7 Å². The molecule has 146 valence electrons. The molecule has 3 saturated carbocycles. The molecule has 6 atom stereocenters. The van der Waals surface area contributed by atoms with E-state index in [9.17, 15) is 4.79 Å². The van der Waals surface area contributed by atoms with Gasteiger partial charge in [0.2, 0.25) is 0 Å². The van der Waals surface area contributed by atoms with Crippen molar-refractivity contribution in [2.24, 2.45) is 28.6 Å². The first-order valence-electron chi connectivity index (χ1n) is 11.0. The Balaban J connectivity index is 1.48. The molecular weight excluding hydrogens is 322 g/mol. The highest BCUT2D eigenvalue weighted by atomic mass is 16.5. The summed E-state index contributed by atoms with van der Waals surface area (Å²) in [6.45, 7) is 6.71. The second kappa shape index (κ2) is 7.05. The summed E-state index contributed by atoms with van der Waals surface area (Å²) in [5, 5.41) is 3.19. The van der Waals surface area contributed by atoms with Gasteiger partial charge in [-0.25, -0.2) is 0 Å². The number of fused-ring (bicyclic) bond motifs is 5. The van der Waals surface area contributed by atoms with Crippen LogP contribution >= 0.6 is 0 Å². The zero-order valence-corrected chi connectivity index (χ0v) is 17.0. The molecule has 3 fully saturated rings. The maximum atomic E-state index is 12.5. The van der Waals surface area contributed by atoms with Crippen LogP contribution < -0.4 is 5.32 Å². The molecule has 4 rings (SSSR count). The second-order valence-corrected chi connectivity index (χ2v) is 9.85. The van der Waals surface area contributed by atoms with Crippen LogP contribution in [0.3, 0.4) is 0 Å². The zero-order chi connectivity index (χ0) is 18.4. The van der Waals surface area contributed by atoms with Crippen LogP contribution in [0.5, 0.6) is 0 Å². The van der Waals surface area contributed by atoms with E-state index in [0.29, 0.717) is 23.2 Å². The number of nitrogens with one attached hydrogen (secondary N) is 1. The molecule has 0 amide bonds. The van der Waals surface area contributed by atoms with Gasteiger partial charge < -0.3 is 10.1 Å². The van der Waals surface area contributed by atoms with Gasteiger partial charge in [0.25, 0.3) is 0 Å². The number of ether oxygens (including phenoxy) is 1. The molecule has 4 aliphatic carbocycles. The molecule has 1 N–H and O–H groups in total. The van der Waals surface area contributed by atoms with Crippen molar-refractivity contribution in [3.8, 4) is 0 Å². The van der Waals surface area contributed by atoms with E-state index in [1.54, 1.807) is 5.57 Å². The van der Waals surface area contributed by atoms with Gasteiger partial charge in [0.1, 0.15) is 5.78 Å². The molecule has 0 aromatic carbocycles. The SMILES string of the molecule is CNCCCOC1C=C2CCC3C4CCC(=O)C4(C)CCC3C2(C)CC1. The number of allylic oxidation sites excluding steroid dienone is 1. The van der Waals surface area contributed by atoms with Crippen molar-refractivity contribution in [1.82, 2.24) is 5.32 Å². The summed E-state index contributed by atoms with van der Waals surface area (Å²) in [6.07, 6.45) is 13.3. The minimum atomic E-state index is 0.00632. The number of Topliss-reactive ketones (excluding diaryl/α,β-unsaturated/α-hetero) is 1. The molecule has 0 aromatic rings. The standard InChI is InChI=1S/C23H37NO2/c1-22-11-9-17(26-14-4-13-24-3)15-16(22)5-6-18-19-7-8-21(25)23(19,2)12-10-20(18)22/h15,17-20,24H,4-14H2,1-3H3. The van der Waals surface area contributed by atoms with Crippen molar-refractivity contribution in [1.29, 1.82) is 0 Å². The van der Waals surface area contributed by atoms with Gasteiger partial charge in [0.15, 0.2) is 0 Å². The van der Waals surface area contributed by atoms with Gasteiger partial charge in [0, 0.05) is 18.4 Å². The summed E-state index contributed by atoms with van der Waals surface area (Å²) in [7, 11) is 2.00. The van der Waals surface area contributed by atoms with Crippen LogP contribution in [0.15, 0.2) is 11.6 Å². The molecule has 0 saturated heterocycles. The van der Waals surface area contributed by atoms with E-state index in [4.69, 9.17) is 4.74 Å². The van der Waals surface area contributed by atoms with Crippen molar-refractivity contribution in [3.63, 3.8) is 0 Å². The van der Waals surface area contributed by atoms with Gasteiger partial charge in [0.05, 0.1) is 6.10 Å². The van der Waals surface area contributed by atoms with Gasteiger partial charge in [-0.05, 0) is 88.1 Å². The van der Waals surface area contributed by atoms with E-state index >= 15 is 0 Å². The van der Waals surface area contributed by atoms with E-state index in [2.05, 4.69) is 25.2 Å². The van der Waals surface area contributed by atoms with E-state index in [1.807, 2.05) is 7.05 Å². The average Bonchev–Trinajstić information content (AvgIpc) is 2.94. The fraction of sp³-hybridized carbons (Fsp3) is 0.870. The molecule has 3 heteroatoms. The third kappa shape index (κ3) is 2.90. The predicted molar refractivity (Wildman–Crippen MR) is 105 cm³/mol. The molecule has 6 unspecified atom stereocenters. The molecule has 0 radical (unpaired) electrons. The lowest BCUT2D eigenvalue weighted by molar-refractivity contribution is -0.132. The van der Waals surface area contributed by atoms with Crippen LogP contribution in [0.2, 0.25) is 0 Å². The van der Waals surface area contributed by atoms with Gasteiger partial charge in [-0.1, -0.05) is 25.5 Å². The third-order valence-electron chi connectivity index (χ3n) is 8.68. The van der Waals surface area contributed by atoms with Crippen LogP contribution in [0, 0.1) is 28.6 Å². The minimum absolute atomic E-state index is 0.00632. The van der Waals surface area contributed by atoms with Crippen molar-refractivity contribution in [2.45, 2.75) is 77.7 Å². The van der Waals surface area contributed by atoms with Crippen molar-refractivity contribution >= 4 is 5.78 Å². The Kier molecular flexibility index (Phi) is 5.07. The van der Waals surface area contributed by atoms with Crippen molar-refractivity contribution < 1.29 is 9.53 Å². The Hall–Kier alpha value is -0.670. The molecule has 0 spiro atoms. The minimum Gasteiger partial charge on any atom is -0.374 e. The lowest BCUT2D eigenvalue weighted by atomic mass is 9.47. The number of hydrogen-bond acceptors (Lipinski definition) is 3. The van der Waals surface area contributed by atoms with E-state index in [-0.39, 0.29) is 5.41 Å². The summed E-state index contributed by atoms with van der Waals surface area (Å²) < 4.78 is 6.15. The highest BCUT2D eigenvalue weighted by Gasteiger charge is 2.58. The highest BCUT2D eigenvalue weighted by Crippen LogP contribution is 2.64. The maximum Gasteiger partial charge on any atom is 0.139 e. The lowest BCUT2D eigenvalue weighted by Crippen LogP contribution is -2.50. The topological polar surface area (TPSA) is 38.3 Å². The van der Waals surface area contributed by atoms with E-state index in [1.165, 1.54) is 32.1 Å². The Labute approximate surface area is 159 Å². The number of ketones is 1. The molecule has 26 heavy (non-hydrogen) atoms. The van der Waals surface area contributed by atoms with Crippen LogP contribution in [-0.2, 0) is 9.53 Å². The molecule has 0 aromatic heterocycles. The first-order valence-corrected chi connectivity index (χ1v) is 11.0. The van der Waals surface area contributed by atoms with Crippen molar-refractivity contribution in [2.75, 3.05) is 20.2 Å². The number of hydrogen-bond donors (Lipinski definition) is 1. The Bertz CT molecular complexity index is 585. The monoisotopic (exact) mass is 359 g/mol. The van der Waals surface area contributed by atoms with Gasteiger partial charge in [-0.2, -0.15) is 0 Å². The van der Waals surface area contributed by atoms with Gasteiger partial charge >= 0.3 is 0 Å². The van der Waals surface area contributed by atoms with Crippen LogP contribution in [0.1, 0.15) is 71.6 Å². The fourth-order valence-corrected chi connectivity index (χ4v) is 7.08. The fourth-order valence-electron chi connectivity index (χ4n) is 7.08. The number of carbonyl (C=O) groups is 1. The Morgan fingerprint density at radius 1 is 1.08 bits per heavy atom. The second-order valence-electron chi connectivity index (χ2n) is 9.85. The summed E-state index contributed by atoms with van der Waals surface area (Å²) in [5.41, 5.74) is 2.05. The zero-order valence-electron chi connectivity index (χ0n) is 17.0. The van der Waals surface area contributed by atoms with E-state index < -0.39 is 0 Å².